The summed E-state index contributed by atoms with van der Waals surface area (Å²) in [5, 5.41) is 18.2. The largest absolute Gasteiger partial charge is 0.443 e. The molecule has 2 aromatic heterocycles. The van der Waals surface area contributed by atoms with Crippen LogP contribution in [0.4, 0.5) is 22.2 Å². The molecule has 0 fully saturated rings. The Kier molecular flexibility index (Phi) is 9.50. The monoisotopic (exact) mass is 633 g/mol. The summed E-state index contributed by atoms with van der Waals surface area (Å²) in [6.45, 7) is 22.4. The van der Waals surface area contributed by atoms with E-state index in [0.29, 0.717) is 49.2 Å². The number of ether oxygens (including phenoxy) is 2. The van der Waals surface area contributed by atoms with Crippen LogP contribution < -0.4 is 10.2 Å². The third kappa shape index (κ3) is 7.54. The van der Waals surface area contributed by atoms with Crippen LogP contribution in [-0.2, 0) is 25.9 Å². The van der Waals surface area contributed by atoms with Crippen molar-refractivity contribution in [2.45, 2.75) is 91.1 Å². The van der Waals surface area contributed by atoms with Gasteiger partial charge in [-0.25, -0.2) is 19.4 Å². The molecule has 3 aromatic rings. The van der Waals surface area contributed by atoms with Crippen molar-refractivity contribution in [2.75, 3.05) is 37.1 Å². The van der Waals surface area contributed by atoms with Crippen molar-refractivity contribution in [1.29, 1.82) is 5.26 Å². The van der Waals surface area contributed by atoms with E-state index in [0.717, 1.165) is 22.6 Å². The van der Waals surface area contributed by atoms with Gasteiger partial charge in [0.05, 0.1) is 35.8 Å². The van der Waals surface area contributed by atoms with Crippen LogP contribution in [0.3, 0.4) is 0 Å². The Morgan fingerprint density at radius 2 is 1.89 bits per heavy atom. The van der Waals surface area contributed by atoms with Gasteiger partial charge in [-0.2, -0.15) is 10.4 Å². The molecular weight excluding hydrogens is 586 g/mol. The zero-order valence-corrected chi connectivity index (χ0v) is 29.5. The first-order valence-corrected chi connectivity index (χ1v) is 18.2. The molecule has 0 radical (unpaired) electrons. The number of nitrogens with one attached hydrogen (secondary N) is 1. The molecule has 12 heteroatoms. The average molecular weight is 634 g/mol. The van der Waals surface area contributed by atoms with Gasteiger partial charge < -0.3 is 19.2 Å². The summed E-state index contributed by atoms with van der Waals surface area (Å²) < 4.78 is 19.6. The van der Waals surface area contributed by atoms with Gasteiger partial charge in [0.15, 0.2) is 8.32 Å². The van der Waals surface area contributed by atoms with E-state index in [2.05, 4.69) is 62.3 Å². The zero-order valence-electron chi connectivity index (χ0n) is 28.5. The van der Waals surface area contributed by atoms with Gasteiger partial charge in [-0.1, -0.05) is 27.7 Å². The zero-order chi connectivity index (χ0) is 33.4. The maximum absolute atomic E-state index is 13.5. The fraction of sp³-hybridized carbons (Fsp3) is 0.545. The minimum absolute atomic E-state index is 0.0111. The van der Waals surface area contributed by atoms with Gasteiger partial charge in [-0.3, -0.25) is 4.90 Å². The van der Waals surface area contributed by atoms with E-state index in [9.17, 15) is 10.1 Å². The summed E-state index contributed by atoms with van der Waals surface area (Å²) in [7, 11) is -0.475. The molecule has 1 amide bonds. The van der Waals surface area contributed by atoms with Crippen molar-refractivity contribution in [3.05, 3.63) is 47.3 Å². The van der Waals surface area contributed by atoms with Gasteiger partial charge in [-0.15, -0.1) is 0 Å². The molecule has 1 atom stereocenters. The van der Waals surface area contributed by atoms with Crippen LogP contribution in [0.2, 0.25) is 18.1 Å². The third-order valence-corrected chi connectivity index (χ3v) is 12.9. The van der Waals surface area contributed by atoms with Crippen LogP contribution in [0.5, 0.6) is 0 Å². The van der Waals surface area contributed by atoms with Gasteiger partial charge in [-0.05, 0) is 69.6 Å². The van der Waals surface area contributed by atoms with Crippen LogP contribution in [-0.4, -0.2) is 66.6 Å². The summed E-state index contributed by atoms with van der Waals surface area (Å²) in [5.74, 6) is 1.14. The molecule has 0 spiro atoms. The maximum Gasteiger partial charge on any atom is 0.414 e. The van der Waals surface area contributed by atoms with Crippen molar-refractivity contribution >= 4 is 31.9 Å². The van der Waals surface area contributed by atoms with Crippen LogP contribution in [0, 0.1) is 18.3 Å². The number of amides is 1. The van der Waals surface area contributed by atoms with Gasteiger partial charge in [0.25, 0.3) is 0 Å². The first-order valence-electron chi connectivity index (χ1n) is 15.2. The van der Waals surface area contributed by atoms with Crippen molar-refractivity contribution in [3.63, 3.8) is 0 Å². The van der Waals surface area contributed by atoms with Crippen LogP contribution in [0.25, 0.3) is 11.3 Å². The fourth-order valence-electron chi connectivity index (χ4n) is 4.97. The summed E-state index contributed by atoms with van der Waals surface area (Å²) >= 11 is 0. The second-order valence-corrected chi connectivity index (χ2v) is 19.3. The lowest BCUT2D eigenvalue weighted by molar-refractivity contribution is 0.0575. The Bertz CT molecular complexity index is 1600. The topological polar surface area (TPSA) is 127 Å². The number of carbonyl (C=O) groups excluding carboxylic acids is 1. The number of hydrogen-bond acceptors (Lipinski definition) is 9. The SMILES string of the molecule is COCCn1nc(C)cc1Nc1nccc(-c2cc(C#N)c3c(c2)C(C)(CO[Si](C)(C)C(C)(C)C)CN3C(=O)OC(C)(C)C)n1. The van der Waals surface area contributed by atoms with E-state index in [1.807, 2.05) is 50.6 Å². The van der Waals surface area contributed by atoms with E-state index in [4.69, 9.17) is 18.9 Å². The quantitative estimate of drug-likeness (QED) is 0.249. The van der Waals surface area contributed by atoms with Gasteiger partial charge in [0.2, 0.25) is 5.95 Å². The molecule has 1 N–H and O–H groups in total. The van der Waals surface area contributed by atoms with Crippen molar-refractivity contribution in [2.24, 2.45) is 0 Å². The minimum Gasteiger partial charge on any atom is -0.443 e. The third-order valence-electron chi connectivity index (χ3n) is 8.43. The molecule has 242 valence electrons. The lowest BCUT2D eigenvalue weighted by Gasteiger charge is -2.39. The number of methoxy groups -OCH3 is 1. The number of aromatic nitrogens is 4. The second-order valence-electron chi connectivity index (χ2n) is 14.5. The number of benzene rings is 1. The second kappa shape index (κ2) is 12.5. The summed E-state index contributed by atoms with van der Waals surface area (Å²) in [6, 6.07) is 9.87. The molecule has 1 aliphatic heterocycles. The van der Waals surface area contributed by atoms with Crippen LogP contribution in [0.15, 0.2) is 30.5 Å². The van der Waals surface area contributed by atoms with E-state index in [1.54, 1.807) is 24.3 Å². The molecule has 4 rings (SSSR count). The molecule has 1 aromatic carbocycles. The van der Waals surface area contributed by atoms with E-state index in [1.165, 1.54) is 0 Å². The predicted molar refractivity (Wildman–Crippen MR) is 178 cm³/mol. The number of nitrogens with zero attached hydrogens (tertiary/aromatic N) is 6. The highest BCUT2D eigenvalue weighted by Crippen LogP contribution is 2.47. The number of fused-ring (bicyclic) bond motifs is 1. The van der Waals surface area contributed by atoms with Crippen LogP contribution in [0.1, 0.15) is 65.3 Å². The lowest BCUT2D eigenvalue weighted by atomic mass is 9.83. The summed E-state index contributed by atoms with van der Waals surface area (Å²) in [5.41, 5.74) is 2.72. The molecule has 1 aliphatic rings. The number of anilines is 3. The van der Waals surface area contributed by atoms with Gasteiger partial charge in [0.1, 0.15) is 17.5 Å². The van der Waals surface area contributed by atoms with Crippen LogP contribution >= 0.6 is 0 Å². The number of aryl methyl sites for hydroxylation is 1. The Hall–Kier alpha value is -3.79. The molecule has 0 bridgehead atoms. The Morgan fingerprint density at radius 3 is 2.51 bits per heavy atom. The molecule has 11 nitrogen and oxygen atoms in total. The molecule has 1 unspecified atom stereocenters. The first-order chi connectivity index (χ1) is 20.9. The Morgan fingerprint density at radius 1 is 1.18 bits per heavy atom. The molecule has 3 heterocycles. The Balaban J connectivity index is 1.77. The lowest BCUT2D eigenvalue weighted by Crippen LogP contribution is -2.46. The van der Waals surface area contributed by atoms with E-state index < -0.39 is 25.4 Å². The van der Waals surface area contributed by atoms with Crippen molar-refractivity contribution in [3.8, 4) is 17.3 Å². The number of nitriles is 1. The average Bonchev–Trinajstić information content (AvgIpc) is 3.45. The summed E-state index contributed by atoms with van der Waals surface area (Å²) in [6.07, 6.45) is 1.19. The smallest absolute Gasteiger partial charge is 0.414 e. The highest BCUT2D eigenvalue weighted by atomic mass is 28.4. The number of carbonyl (C=O) groups is 1. The Labute approximate surface area is 268 Å². The van der Waals surface area contributed by atoms with Gasteiger partial charge in [0, 0.05) is 43.5 Å². The van der Waals surface area contributed by atoms with Gasteiger partial charge >= 0.3 is 6.09 Å². The minimum atomic E-state index is -2.13. The highest BCUT2D eigenvalue weighted by Gasteiger charge is 2.47. The normalized spacial score (nSPS) is 16.8. The first kappa shape index (κ1) is 34.1. The predicted octanol–water partition coefficient (Wildman–Crippen LogP) is 6.94. The summed E-state index contributed by atoms with van der Waals surface area (Å²) in [4.78, 5) is 24.4. The molecule has 0 aliphatic carbocycles. The fourth-order valence-corrected chi connectivity index (χ4v) is 6.09. The number of rotatable bonds is 9. The molecule has 0 saturated heterocycles. The van der Waals surface area contributed by atoms with E-state index in [-0.39, 0.29) is 5.04 Å². The molecular formula is C33H47N7O4Si. The molecule has 45 heavy (non-hydrogen) atoms. The standard InChI is InChI=1S/C33H47N7O4Si/c1-22-16-27(40(38-22)14-15-42-9)37-29-35-13-12-26(36-29)23-17-24(19-34)28-25(18-23)33(8,21-43-45(10,11)32(5,6)7)20-39(28)30(41)44-31(2,3)4/h12-13,16-18H,14-15,20-21H2,1-11H3,(H,35,36,37). The van der Waals surface area contributed by atoms with Crippen molar-refractivity contribution < 1.29 is 18.7 Å². The maximum atomic E-state index is 13.5. The van der Waals surface area contributed by atoms with Crippen molar-refractivity contribution in [1.82, 2.24) is 19.7 Å². The van der Waals surface area contributed by atoms with E-state index >= 15 is 0 Å². The highest BCUT2D eigenvalue weighted by molar-refractivity contribution is 6.74. The number of hydrogen-bond donors (Lipinski definition) is 1. The molecule has 0 saturated carbocycles.